The molecule has 0 aliphatic carbocycles. The molecule has 2 aromatic rings. The van der Waals surface area contributed by atoms with Gasteiger partial charge in [-0.1, -0.05) is 6.07 Å². The number of rotatable bonds is 2. The van der Waals surface area contributed by atoms with Gasteiger partial charge in [0.15, 0.2) is 0 Å². The molecule has 4 nitrogen and oxygen atoms in total. The SMILES string of the molecule is Cn1cc(NC(=O)c2cccs2)cn1. The Balaban J connectivity index is 2.09. The summed E-state index contributed by atoms with van der Waals surface area (Å²) in [4.78, 5) is 12.2. The molecule has 0 bridgehead atoms. The van der Waals surface area contributed by atoms with Crippen LogP contribution in [0.25, 0.3) is 0 Å². The predicted molar refractivity (Wildman–Crippen MR) is 55.5 cm³/mol. The van der Waals surface area contributed by atoms with Gasteiger partial charge in [0, 0.05) is 13.2 Å². The highest BCUT2D eigenvalue weighted by Gasteiger charge is 2.06. The van der Waals surface area contributed by atoms with E-state index in [0.717, 1.165) is 0 Å². The molecule has 0 atom stereocenters. The lowest BCUT2D eigenvalue weighted by Gasteiger charge is -1.97. The smallest absolute Gasteiger partial charge is 0.265 e. The third kappa shape index (κ3) is 1.82. The Bertz CT molecular complexity index is 433. The molecule has 1 amide bonds. The number of nitrogens with one attached hydrogen (secondary N) is 1. The van der Waals surface area contributed by atoms with Crippen LogP contribution in [0.4, 0.5) is 5.69 Å². The number of anilines is 1. The number of thiophene rings is 1. The molecule has 0 aliphatic rings. The van der Waals surface area contributed by atoms with Gasteiger partial charge in [-0.2, -0.15) is 5.10 Å². The number of hydrogen-bond acceptors (Lipinski definition) is 3. The van der Waals surface area contributed by atoms with Crippen molar-refractivity contribution < 1.29 is 4.79 Å². The molecule has 2 heterocycles. The first kappa shape index (κ1) is 8.96. The fourth-order valence-corrected chi connectivity index (χ4v) is 1.71. The standard InChI is InChI=1S/C9H9N3OS/c1-12-6-7(5-10-12)11-9(13)8-3-2-4-14-8/h2-6H,1H3,(H,11,13). The lowest BCUT2D eigenvalue weighted by atomic mass is 10.4. The topological polar surface area (TPSA) is 46.9 Å². The van der Waals surface area contributed by atoms with Crippen molar-refractivity contribution in [1.29, 1.82) is 0 Å². The van der Waals surface area contributed by atoms with Crippen molar-refractivity contribution in [3.05, 3.63) is 34.8 Å². The summed E-state index contributed by atoms with van der Waals surface area (Å²) in [5.41, 5.74) is 0.714. The number of aromatic nitrogens is 2. The van der Waals surface area contributed by atoms with Gasteiger partial charge in [-0.05, 0) is 11.4 Å². The van der Waals surface area contributed by atoms with Crippen molar-refractivity contribution in [1.82, 2.24) is 9.78 Å². The van der Waals surface area contributed by atoms with Crippen LogP contribution in [0.3, 0.4) is 0 Å². The van der Waals surface area contributed by atoms with Gasteiger partial charge in [0.05, 0.1) is 16.8 Å². The summed E-state index contributed by atoms with van der Waals surface area (Å²) in [6.07, 6.45) is 3.37. The number of aryl methyl sites for hydroxylation is 1. The van der Waals surface area contributed by atoms with E-state index < -0.39 is 0 Å². The fourth-order valence-electron chi connectivity index (χ4n) is 1.09. The highest BCUT2D eigenvalue weighted by atomic mass is 32.1. The highest BCUT2D eigenvalue weighted by Crippen LogP contribution is 2.11. The zero-order chi connectivity index (χ0) is 9.97. The molecular formula is C9H9N3OS. The van der Waals surface area contributed by atoms with Gasteiger partial charge >= 0.3 is 0 Å². The van der Waals surface area contributed by atoms with Gasteiger partial charge in [-0.3, -0.25) is 9.48 Å². The summed E-state index contributed by atoms with van der Waals surface area (Å²) in [5, 5.41) is 8.58. The summed E-state index contributed by atoms with van der Waals surface area (Å²) >= 11 is 1.42. The van der Waals surface area contributed by atoms with Crippen molar-refractivity contribution in [3.8, 4) is 0 Å². The lowest BCUT2D eigenvalue weighted by Crippen LogP contribution is -2.09. The van der Waals surface area contributed by atoms with E-state index in [0.29, 0.717) is 10.6 Å². The Morgan fingerprint density at radius 1 is 1.64 bits per heavy atom. The van der Waals surface area contributed by atoms with E-state index in [2.05, 4.69) is 10.4 Å². The average Bonchev–Trinajstić information content (AvgIpc) is 2.75. The lowest BCUT2D eigenvalue weighted by molar-refractivity contribution is 0.103. The summed E-state index contributed by atoms with van der Waals surface area (Å²) in [6.45, 7) is 0. The second kappa shape index (κ2) is 3.63. The Morgan fingerprint density at radius 2 is 2.50 bits per heavy atom. The second-order valence-electron chi connectivity index (χ2n) is 2.83. The Hall–Kier alpha value is -1.62. The van der Waals surface area contributed by atoms with Crippen molar-refractivity contribution in [3.63, 3.8) is 0 Å². The fraction of sp³-hybridized carbons (Fsp3) is 0.111. The van der Waals surface area contributed by atoms with Crippen molar-refractivity contribution >= 4 is 22.9 Å². The van der Waals surface area contributed by atoms with Crippen molar-refractivity contribution in [2.75, 3.05) is 5.32 Å². The summed E-state index contributed by atoms with van der Waals surface area (Å²) < 4.78 is 1.64. The molecule has 0 aliphatic heterocycles. The zero-order valence-electron chi connectivity index (χ0n) is 7.60. The van der Waals surface area contributed by atoms with Gasteiger partial charge in [-0.25, -0.2) is 0 Å². The second-order valence-corrected chi connectivity index (χ2v) is 3.78. The normalized spacial score (nSPS) is 10.1. The zero-order valence-corrected chi connectivity index (χ0v) is 8.41. The average molecular weight is 207 g/mol. The number of nitrogens with zero attached hydrogens (tertiary/aromatic N) is 2. The molecule has 0 saturated heterocycles. The van der Waals surface area contributed by atoms with E-state index in [-0.39, 0.29) is 5.91 Å². The third-order valence-corrected chi connectivity index (χ3v) is 2.58. The molecule has 5 heteroatoms. The molecule has 72 valence electrons. The number of carbonyl (C=O) groups is 1. The van der Waals surface area contributed by atoms with Gasteiger partial charge in [0.2, 0.25) is 0 Å². The molecule has 1 N–H and O–H groups in total. The summed E-state index contributed by atoms with van der Waals surface area (Å²) in [6, 6.07) is 3.64. The van der Waals surface area contributed by atoms with Crippen LogP contribution in [0, 0.1) is 0 Å². The van der Waals surface area contributed by atoms with Crippen LogP contribution in [0.2, 0.25) is 0 Å². The molecule has 14 heavy (non-hydrogen) atoms. The van der Waals surface area contributed by atoms with E-state index in [9.17, 15) is 4.79 Å². The van der Waals surface area contributed by atoms with Gasteiger partial charge in [0.25, 0.3) is 5.91 Å². The molecule has 0 radical (unpaired) electrons. The largest absolute Gasteiger partial charge is 0.319 e. The van der Waals surface area contributed by atoms with E-state index in [1.54, 1.807) is 30.2 Å². The van der Waals surface area contributed by atoms with Gasteiger partial charge in [-0.15, -0.1) is 11.3 Å². The quantitative estimate of drug-likeness (QED) is 0.815. The van der Waals surface area contributed by atoms with Crippen molar-refractivity contribution in [2.45, 2.75) is 0 Å². The molecule has 0 fully saturated rings. The summed E-state index contributed by atoms with van der Waals surface area (Å²) in [7, 11) is 1.81. The number of carbonyl (C=O) groups excluding carboxylic acids is 1. The van der Waals surface area contributed by atoms with Crippen LogP contribution in [0.15, 0.2) is 29.9 Å². The van der Waals surface area contributed by atoms with Gasteiger partial charge < -0.3 is 5.32 Å². The molecule has 0 aromatic carbocycles. The van der Waals surface area contributed by atoms with E-state index in [4.69, 9.17) is 0 Å². The first-order chi connectivity index (χ1) is 6.75. The molecule has 2 rings (SSSR count). The first-order valence-corrected chi connectivity index (χ1v) is 4.97. The molecule has 0 saturated carbocycles. The van der Waals surface area contributed by atoms with Crippen LogP contribution >= 0.6 is 11.3 Å². The maximum Gasteiger partial charge on any atom is 0.265 e. The first-order valence-electron chi connectivity index (χ1n) is 4.09. The van der Waals surface area contributed by atoms with Crippen LogP contribution in [0.5, 0.6) is 0 Å². The molecular weight excluding hydrogens is 198 g/mol. The highest BCUT2D eigenvalue weighted by molar-refractivity contribution is 7.12. The Kier molecular flexibility index (Phi) is 2.32. The monoisotopic (exact) mass is 207 g/mol. The molecule has 0 unspecified atom stereocenters. The molecule has 0 spiro atoms. The number of hydrogen-bond donors (Lipinski definition) is 1. The molecule has 2 aromatic heterocycles. The van der Waals surface area contributed by atoms with Gasteiger partial charge in [0.1, 0.15) is 0 Å². The Labute approximate surface area is 85.2 Å². The maximum absolute atomic E-state index is 11.5. The van der Waals surface area contributed by atoms with Crippen molar-refractivity contribution in [2.24, 2.45) is 7.05 Å². The third-order valence-electron chi connectivity index (χ3n) is 1.71. The van der Waals surface area contributed by atoms with Crippen LogP contribution in [0.1, 0.15) is 9.67 Å². The maximum atomic E-state index is 11.5. The minimum atomic E-state index is -0.0898. The Morgan fingerprint density at radius 3 is 3.07 bits per heavy atom. The summed E-state index contributed by atoms with van der Waals surface area (Å²) in [5.74, 6) is -0.0898. The van der Waals surface area contributed by atoms with Crippen LogP contribution in [-0.2, 0) is 7.05 Å². The van der Waals surface area contributed by atoms with Crippen LogP contribution in [-0.4, -0.2) is 15.7 Å². The van der Waals surface area contributed by atoms with E-state index in [1.807, 2.05) is 11.4 Å². The minimum Gasteiger partial charge on any atom is -0.319 e. The minimum absolute atomic E-state index is 0.0898. The predicted octanol–water partition coefficient (Wildman–Crippen LogP) is 1.73. The van der Waals surface area contributed by atoms with E-state index >= 15 is 0 Å². The van der Waals surface area contributed by atoms with Crippen LogP contribution < -0.4 is 5.32 Å². The number of amides is 1. The van der Waals surface area contributed by atoms with E-state index in [1.165, 1.54) is 11.3 Å².